The SMILES string of the molecule is CNC(=O)C(C)N(Cc1ccccc1C)C(=O)CN(c1cccc(Cl)c1)S(=O)(=O)c1ccc(OC)cc1. The number of carbonyl (C=O) groups is 2. The van der Waals surface area contributed by atoms with Gasteiger partial charge in [-0.1, -0.05) is 41.9 Å². The van der Waals surface area contributed by atoms with Gasteiger partial charge in [0, 0.05) is 18.6 Å². The van der Waals surface area contributed by atoms with Crippen LogP contribution in [0.3, 0.4) is 0 Å². The number of hydrogen-bond acceptors (Lipinski definition) is 5. The molecule has 3 rings (SSSR count). The molecule has 0 saturated heterocycles. The van der Waals surface area contributed by atoms with Crippen molar-refractivity contribution in [3.63, 3.8) is 0 Å². The Labute approximate surface area is 222 Å². The first-order valence-corrected chi connectivity index (χ1v) is 13.4. The maximum absolute atomic E-state index is 13.8. The van der Waals surface area contributed by atoms with Crippen molar-refractivity contribution in [3.8, 4) is 5.75 Å². The van der Waals surface area contributed by atoms with Gasteiger partial charge in [0.2, 0.25) is 11.8 Å². The Balaban J connectivity index is 2.04. The highest BCUT2D eigenvalue weighted by Gasteiger charge is 2.32. The van der Waals surface area contributed by atoms with Crippen molar-refractivity contribution in [3.05, 3.63) is 88.9 Å². The standard InChI is InChI=1S/C27H30ClN3O5S/c1-19-8-5-6-9-21(19)17-30(20(2)27(33)29-3)26(32)18-31(23-11-7-10-22(28)16-23)37(34,35)25-14-12-24(36-4)13-15-25/h5-16,20H,17-18H2,1-4H3,(H,29,33). The third-order valence-corrected chi connectivity index (χ3v) is 8.06. The Morgan fingerprint density at radius 1 is 1.03 bits per heavy atom. The predicted molar refractivity (Wildman–Crippen MR) is 144 cm³/mol. The summed E-state index contributed by atoms with van der Waals surface area (Å²) in [4.78, 5) is 27.7. The van der Waals surface area contributed by atoms with Crippen molar-refractivity contribution in [2.75, 3.05) is 25.0 Å². The van der Waals surface area contributed by atoms with Crippen molar-refractivity contribution in [2.45, 2.75) is 31.3 Å². The molecular weight excluding hydrogens is 514 g/mol. The Hall–Kier alpha value is -3.56. The summed E-state index contributed by atoms with van der Waals surface area (Å²) in [6.45, 7) is 3.11. The van der Waals surface area contributed by atoms with Crippen molar-refractivity contribution >= 4 is 39.1 Å². The van der Waals surface area contributed by atoms with E-state index in [4.69, 9.17) is 16.3 Å². The van der Waals surface area contributed by atoms with Gasteiger partial charge in [-0.05, 0) is 67.4 Å². The molecule has 0 heterocycles. The third kappa shape index (κ3) is 6.61. The monoisotopic (exact) mass is 543 g/mol. The number of anilines is 1. The van der Waals surface area contributed by atoms with E-state index in [1.165, 1.54) is 49.4 Å². The number of carbonyl (C=O) groups excluding carboxylic acids is 2. The number of sulfonamides is 1. The first-order valence-electron chi connectivity index (χ1n) is 11.6. The lowest BCUT2D eigenvalue weighted by atomic mass is 10.1. The minimum Gasteiger partial charge on any atom is -0.497 e. The minimum absolute atomic E-state index is 0.0223. The Bertz CT molecular complexity index is 1360. The second-order valence-corrected chi connectivity index (χ2v) is 10.7. The fraction of sp³-hybridized carbons (Fsp3) is 0.259. The highest BCUT2D eigenvalue weighted by Crippen LogP contribution is 2.28. The molecule has 2 amide bonds. The molecule has 0 aliphatic heterocycles. The van der Waals surface area contributed by atoms with E-state index in [0.717, 1.165) is 15.4 Å². The third-order valence-electron chi connectivity index (χ3n) is 6.04. The number of halogens is 1. The van der Waals surface area contributed by atoms with Crippen LogP contribution in [0, 0.1) is 6.92 Å². The van der Waals surface area contributed by atoms with E-state index < -0.39 is 28.5 Å². The van der Waals surface area contributed by atoms with E-state index in [-0.39, 0.29) is 23.0 Å². The van der Waals surface area contributed by atoms with Gasteiger partial charge < -0.3 is 15.0 Å². The molecule has 1 N–H and O–H groups in total. The normalized spacial score (nSPS) is 11.9. The molecule has 0 aliphatic rings. The maximum atomic E-state index is 13.8. The molecule has 0 spiro atoms. The zero-order valence-electron chi connectivity index (χ0n) is 21.1. The van der Waals surface area contributed by atoms with Gasteiger partial charge in [0.1, 0.15) is 18.3 Å². The molecule has 1 unspecified atom stereocenters. The molecule has 1 atom stereocenters. The van der Waals surface area contributed by atoms with Gasteiger partial charge in [0.25, 0.3) is 10.0 Å². The van der Waals surface area contributed by atoms with Crippen LogP contribution in [-0.4, -0.2) is 51.9 Å². The average Bonchev–Trinajstić information content (AvgIpc) is 2.90. The van der Waals surface area contributed by atoms with Crippen molar-refractivity contribution < 1.29 is 22.7 Å². The van der Waals surface area contributed by atoms with Crippen molar-refractivity contribution in [1.82, 2.24) is 10.2 Å². The molecule has 0 radical (unpaired) electrons. The van der Waals surface area contributed by atoms with Crippen LogP contribution in [0.15, 0.2) is 77.7 Å². The van der Waals surface area contributed by atoms with Crippen LogP contribution in [0.4, 0.5) is 5.69 Å². The van der Waals surface area contributed by atoms with E-state index in [9.17, 15) is 18.0 Å². The summed E-state index contributed by atoms with van der Waals surface area (Å²) >= 11 is 6.17. The number of nitrogens with one attached hydrogen (secondary N) is 1. The second-order valence-electron chi connectivity index (χ2n) is 8.41. The van der Waals surface area contributed by atoms with Crippen molar-refractivity contribution in [1.29, 1.82) is 0 Å². The number of methoxy groups -OCH3 is 1. The molecule has 0 bridgehead atoms. The molecule has 0 aromatic heterocycles. The zero-order valence-corrected chi connectivity index (χ0v) is 22.7. The molecule has 37 heavy (non-hydrogen) atoms. The van der Waals surface area contributed by atoms with E-state index in [0.29, 0.717) is 10.8 Å². The minimum atomic E-state index is -4.19. The molecule has 0 saturated carbocycles. The maximum Gasteiger partial charge on any atom is 0.264 e. The topological polar surface area (TPSA) is 96.0 Å². The summed E-state index contributed by atoms with van der Waals surface area (Å²) in [6.07, 6.45) is 0. The summed E-state index contributed by atoms with van der Waals surface area (Å²) in [5.41, 5.74) is 2.01. The van der Waals surface area contributed by atoms with E-state index in [1.807, 2.05) is 31.2 Å². The summed E-state index contributed by atoms with van der Waals surface area (Å²) in [5, 5.41) is 2.88. The van der Waals surface area contributed by atoms with Crippen LogP contribution in [0.1, 0.15) is 18.1 Å². The van der Waals surface area contributed by atoms with Crippen LogP contribution in [0.2, 0.25) is 5.02 Å². The molecule has 10 heteroatoms. The summed E-state index contributed by atoms with van der Waals surface area (Å²) in [7, 11) is -1.21. The number of nitrogens with zero attached hydrogens (tertiary/aromatic N) is 2. The molecule has 0 fully saturated rings. The number of rotatable bonds is 10. The van der Waals surface area contributed by atoms with Gasteiger partial charge in [-0.15, -0.1) is 0 Å². The van der Waals surface area contributed by atoms with Crippen LogP contribution < -0.4 is 14.4 Å². The fourth-order valence-electron chi connectivity index (χ4n) is 3.80. The highest BCUT2D eigenvalue weighted by atomic mass is 35.5. The van der Waals surface area contributed by atoms with Gasteiger partial charge in [-0.25, -0.2) is 8.42 Å². The van der Waals surface area contributed by atoms with Crippen LogP contribution >= 0.6 is 11.6 Å². The molecular formula is C27H30ClN3O5S. The van der Waals surface area contributed by atoms with E-state index in [1.54, 1.807) is 25.1 Å². The number of hydrogen-bond donors (Lipinski definition) is 1. The lowest BCUT2D eigenvalue weighted by molar-refractivity contribution is -0.139. The molecule has 196 valence electrons. The molecule has 3 aromatic carbocycles. The zero-order chi connectivity index (χ0) is 27.2. The van der Waals surface area contributed by atoms with E-state index >= 15 is 0 Å². The number of likely N-dealkylation sites (N-methyl/N-ethyl adjacent to an activating group) is 1. The van der Waals surface area contributed by atoms with Gasteiger partial charge in [0.15, 0.2) is 0 Å². The van der Waals surface area contributed by atoms with Crippen LogP contribution in [0.25, 0.3) is 0 Å². The fourth-order valence-corrected chi connectivity index (χ4v) is 5.39. The number of aryl methyl sites for hydroxylation is 1. The van der Waals surface area contributed by atoms with Gasteiger partial charge in [-0.2, -0.15) is 0 Å². The van der Waals surface area contributed by atoms with Gasteiger partial charge in [-0.3, -0.25) is 13.9 Å². The average molecular weight is 544 g/mol. The summed E-state index contributed by atoms with van der Waals surface area (Å²) in [5.74, 6) is -0.418. The van der Waals surface area contributed by atoms with E-state index in [2.05, 4.69) is 5.32 Å². The smallest absolute Gasteiger partial charge is 0.264 e. The van der Waals surface area contributed by atoms with Gasteiger partial charge in [0.05, 0.1) is 17.7 Å². The lowest BCUT2D eigenvalue weighted by Crippen LogP contribution is -2.50. The molecule has 3 aromatic rings. The Morgan fingerprint density at radius 3 is 2.30 bits per heavy atom. The Kier molecular flexibility index (Phi) is 9.18. The van der Waals surface area contributed by atoms with Crippen molar-refractivity contribution in [2.24, 2.45) is 0 Å². The second kappa shape index (κ2) is 12.1. The summed E-state index contributed by atoms with van der Waals surface area (Å²) < 4.78 is 33.7. The largest absolute Gasteiger partial charge is 0.497 e. The van der Waals surface area contributed by atoms with Crippen LogP contribution in [-0.2, 0) is 26.2 Å². The number of ether oxygens (including phenoxy) is 1. The number of benzene rings is 3. The quantitative estimate of drug-likeness (QED) is 0.417. The molecule has 0 aliphatic carbocycles. The lowest BCUT2D eigenvalue weighted by Gasteiger charge is -2.32. The predicted octanol–water partition coefficient (Wildman–Crippen LogP) is 4.02. The van der Waals surface area contributed by atoms with Crippen LogP contribution in [0.5, 0.6) is 5.75 Å². The summed E-state index contributed by atoms with van der Waals surface area (Å²) in [6, 6.07) is 18.8. The Morgan fingerprint density at radius 2 is 1.70 bits per heavy atom. The highest BCUT2D eigenvalue weighted by molar-refractivity contribution is 7.92. The number of amides is 2. The van der Waals surface area contributed by atoms with Gasteiger partial charge >= 0.3 is 0 Å². The first kappa shape index (κ1) is 28.0. The first-order chi connectivity index (χ1) is 17.6. The molecule has 8 nitrogen and oxygen atoms in total.